The highest BCUT2D eigenvalue weighted by molar-refractivity contribution is 7.99. The number of hydrogen-bond acceptors (Lipinski definition) is 6. The fourth-order valence-electron chi connectivity index (χ4n) is 2.90. The fourth-order valence-corrected chi connectivity index (χ4v) is 3.76. The van der Waals surface area contributed by atoms with Crippen molar-refractivity contribution in [1.82, 2.24) is 9.97 Å². The molecule has 1 aromatic heterocycles. The summed E-state index contributed by atoms with van der Waals surface area (Å²) in [6.45, 7) is 0. The van der Waals surface area contributed by atoms with Gasteiger partial charge in [0.2, 0.25) is 0 Å². The van der Waals surface area contributed by atoms with Crippen molar-refractivity contribution in [3.8, 4) is 11.5 Å². The smallest absolute Gasteiger partial charge is 0.269 e. The molecule has 0 radical (unpaired) electrons. The summed E-state index contributed by atoms with van der Waals surface area (Å²) in [5, 5.41) is 11.8. The predicted molar refractivity (Wildman–Crippen MR) is 114 cm³/mol. The highest BCUT2D eigenvalue weighted by atomic mass is 32.2. The second-order valence-corrected chi connectivity index (χ2v) is 7.43. The number of aromatic nitrogens is 2. The maximum Gasteiger partial charge on any atom is 0.269 e. The normalized spacial score (nSPS) is 10.8. The number of aryl methyl sites for hydroxylation is 1. The van der Waals surface area contributed by atoms with Crippen LogP contribution < -0.4 is 4.74 Å². The zero-order valence-corrected chi connectivity index (χ0v) is 16.2. The number of nitro groups is 1. The molecular formula is C22H17N3O3S. The second kappa shape index (κ2) is 8.70. The third-order valence-electron chi connectivity index (χ3n) is 4.34. The summed E-state index contributed by atoms with van der Waals surface area (Å²) in [7, 11) is 0. The summed E-state index contributed by atoms with van der Waals surface area (Å²) in [5.74, 6) is 2.15. The Morgan fingerprint density at radius 1 is 0.897 bits per heavy atom. The minimum Gasteiger partial charge on any atom is -0.457 e. The zero-order valence-electron chi connectivity index (χ0n) is 15.4. The summed E-state index contributed by atoms with van der Waals surface area (Å²) in [5.41, 5.74) is 2.07. The number of non-ortho nitro benzene ring substituents is 1. The number of thioether (sulfide) groups is 1. The van der Waals surface area contributed by atoms with Crippen molar-refractivity contribution >= 4 is 28.4 Å². The van der Waals surface area contributed by atoms with Crippen molar-refractivity contribution in [3.05, 3.63) is 94.9 Å². The zero-order chi connectivity index (χ0) is 20.1. The Hall–Kier alpha value is -3.45. The summed E-state index contributed by atoms with van der Waals surface area (Å²) < 4.78 is 5.74. The topological polar surface area (TPSA) is 78.2 Å². The Bertz CT molecular complexity index is 1130. The molecule has 1 heterocycles. The third kappa shape index (κ3) is 4.70. The number of rotatable bonds is 7. The number of benzene rings is 3. The molecule has 0 bridgehead atoms. The first-order chi connectivity index (χ1) is 14.2. The molecule has 0 saturated carbocycles. The first kappa shape index (κ1) is 18.9. The van der Waals surface area contributed by atoms with Crippen LogP contribution in [0.15, 0.2) is 84.0 Å². The molecule has 4 aromatic rings. The maximum atomic E-state index is 10.7. The van der Waals surface area contributed by atoms with Crippen LogP contribution in [0.25, 0.3) is 10.9 Å². The summed E-state index contributed by atoms with van der Waals surface area (Å²) in [6, 6.07) is 21.9. The Morgan fingerprint density at radius 3 is 2.31 bits per heavy atom. The molecule has 0 aliphatic heterocycles. The van der Waals surface area contributed by atoms with Crippen LogP contribution in [0.3, 0.4) is 0 Å². The Kier molecular flexibility index (Phi) is 5.67. The minimum absolute atomic E-state index is 0.0422. The van der Waals surface area contributed by atoms with Crippen molar-refractivity contribution in [1.29, 1.82) is 0 Å². The molecule has 7 heteroatoms. The van der Waals surface area contributed by atoms with E-state index in [1.165, 1.54) is 12.1 Å². The number of fused-ring (bicyclic) bond motifs is 1. The monoisotopic (exact) mass is 403 g/mol. The van der Waals surface area contributed by atoms with Crippen LogP contribution in [0, 0.1) is 10.1 Å². The van der Waals surface area contributed by atoms with E-state index in [-0.39, 0.29) is 5.69 Å². The van der Waals surface area contributed by atoms with E-state index in [0.29, 0.717) is 11.5 Å². The average Bonchev–Trinajstić information content (AvgIpc) is 2.75. The van der Waals surface area contributed by atoms with Crippen LogP contribution in [-0.4, -0.2) is 20.6 Å². The van der Waals surface area contributed by atoms with Gasteiger partial charge in [0, 0.05) is 28.2 Å². The molecule has 4 rings (SSSR count). The Balaban J connectivity index is 1.34. The number of para-hydroxylation sites is 1. The van der Waals surface area contributed by atoms with Gasteiger partial charge in [-0.3, -0.25) is 10.1 Å². The van der Waals surface area contributed by atoms with Gasteiger partial charge in [-0.1, -0.05) is 18.2 Å². The van der Waals surface area contributed by atoms with E-state index in [9.17, 15) is 10.1 Å². The largest absolute Gasteiger partial charge is 0.457 e. The minimum atomic E-state index is -0.430. The van der Waals surface area contributed by atoms with Crippen LogP contribution >= 0.6 is 11.8 Å². The summed E-state index contributed by atoms with van der Waals surface area (Å²) in [6.07, 6.45) is 2.47. The van der Waals surface area contributed by atoms with Crippen molar-refractivity contribution in [2.24, 2.45) is 0 Å². The summed E-state index contributed by atoms with van der Waals surface area (Å²) in [4.78, 5) is 20.1. The summed E-state index contributed by atoms with van der Waals surface area (Å²) >= 11 is 1.75. The number of nitro benzene ring substituents is 1. The molecule has 0 N–H and O–H groups in total. The van der Waals surface area contributed by atoms with Crippen LogP contribution in [0.4, 0.5) is 5.69 Å². The first-order valence-corrected chi connectivity index (χ1v) is 10.0. The Morgan fingerprint density at radius 2 is 1.59 bits per heavy atom. The lowest BCUT2D eigenvalue weighted by Crippen LogP contribution is -1.95. The van der Waals surface area contributed by atoms with Gasteiger partial charge in [-0.25, -0.2) is 9.97 Å². The second-order valence-electron chi connectivity index (χ2n) is 6.26. The van der Waals surface area contributed by atoms with E-state index < -0.39 is 4.92 Å². The fraction of sp³-hybridized carbons (Fsp3) is 0.0909. The van der Waals surface area contributed by atoms with E-state index in [2.05, 4.69) is 16.0 Å². The number of ether oxygens (including phenoxy) is 1. The van der Waals surface area contributed by atoms with E-state index >= 15 is 0 Å². The van der Waals surface area contributed by atoms with Crippen LogP contribution in [0.5, 0.6) is 11.5 Å². The molecule has 144 valence electrons. The molecule has 6 nitrogen and oxygen atoms in total. The van der Waals surface area contributed by atoms with Gasteiger partial charge in [0.15, 0.2) is 0 Å². The van der Waals surface area contributed by atoms with Crippen molar-refractivity contribution in [2.45, 2.75) is 11.3 Å². The molecule has 0 spiro atoms. The van der Waals surface area contributed by atoms with Gasteiger partial charge in [-0.15, -0.1) is 11.8 Å². The van der Waals surface area contributed by atoms with E-state index in [0.717, 1.165) is 33.7 Å². The SMILES string of the molecule is O=[N+]([O-])c1ccc(Oc2ccc(SCCc3ncnc4ccccc34)cc2)cc1. The van der Waals surface area contributed by atoms with Gasteiger partial charge in [-0.2, -0.15) is 0 Å². The highest BCUT2D eigenvalue weighted by Crippen LogP contribution is 2.27. The molecule has 0 fully saturated rings. The van der Waals surface area contributed by atoms with Gasteiger partial charge in [0.25, 0.3) is 5.69 Å². The quantitative estimate of drug-likeness (QED) is 0.225. The van der Waals surface area contributed by atoms with E-state index in [1.807, 2.05) is 42.5 Å². The predicted octanol–water partition coefficient (Wildman–Crippen LogP) is 5.67. The van der Waals surface area contributed by atoms with Crippen molar-refractivity contribution in [2.75, 3.05) is 5.75 Å². The van der Waals surface area contributed by atoms with Crippen LogP contribution in [0.2, 0.25) is 0 Å². The van der Waals surface area contributed by atoms with E-state index in [1.54, 1.807) is 30.2 Å². The molecule has 0 aliphatic carbocycles. The lowest BCUT2D eigenvalue weighted by atomic mass is 10.1. The first-order valence-electron chi connectivity index (χ1n) is 9.03. The molecule has 0 atom stereocenters. The lowest BCUT2D eigenvalue weighted by Gasteiger charge is -2.07. The van der Waals surface area contributed by atoms with Gasteiger partial charge in [-0.05, 0) is 48.9 Å². The maximum absolute atomic E-state index is 10.7. The van der Waals surface area contributed by atoms with Gasteiger partial charge in [0.1, 0.15) is 17.8 Å². The number of hydrogen-bond donors (Lipinski definition) is 0. The molecule has 0 amide bonds. The third-order valence-corrected chi connectivity index (χ3v) is 5.35. The van der Waals surface area contributed by atoms with Gasteiger partial charge < -0.3 is 4.74 Å². The van der Waals surface area contributed by atoms with Crippen molar-refractivity contribution in [3.63, 3.8) is 0 Å². The number of nitrogens with zero attached hydrogens (tertiary/aromatic N) is 3. The van der Waals surface area contributed by atoms with E-state index in [4.69, 9.17) is 4.74 Å². The average molecular weight is 403 g/mol. The van der Waals surface area contributed by atoms with Crippen LogP contribution in [-0.2, 0) is 6.42 Å². The molecule has 29 heavy (non-hydrogen) atoms. The van der Waals surface area contributed by atoms with Crippen molar-refractivity contribution < 1.29 is 9.66 Å². The Labute approximate surface area is 171 Å². The van der Waals surface area contributed by atoms with Gasteiger partial charge >= 0.3 is 0 Å². The lowest BCUT2D eigenvalue weighted by molar-refractivity contribution is -0.384. The van der Waals surface area contributed by atoms with Gasteiger partial charge in [0.05, 0.1) is 16.1 Å². The molecule has 3 aromatic carbocycles. The molecule has 0 aliphatic rings. The molecular weight excluding hydrogens is 386 g/mol. The molecule has 0 unspecified atom stereocenters. The highest BCUT2D eigenvalue weighted by Gasteiger charge is 2.06. The molecule has 0 saturated heterocycles. The van der Waals surface area contributed by atoms with Crippen LogP contribution in [0.1, 0.15) is 5.69 Å². The standard InChI is InChI=1S/C22H17N3O3S/c26-25(27)16-5-7-17(8-6-16)28-18-9-11-19(12-10-18)29-14-13-22-20-3-1-2-4-21(20)23-15-24-22/h1-12,15H,13-14H2.